The van der Waals surface area contributed by atoms with Gasteiger partial charge in [0.05, 0.1) is 5.75 Å². The largest absolute Gasteiger partial charge is 0.396 e. The van der Waals surface area contributed by atoms with Crippen molar-refractivity contribution in [3.8, 4) is 0 Å². The van der Waals surface area contributed by atoms with Gasteiger partial charge in [-0.15, -0.1) is 0 Å². The molecule has 0 unspecified atom stereocenters. The lowest BCUT2D eigenvalue weighted by Crippen LogP contribution is -2.11. The molecule has 7 heteroatoms. The molecule has 0 bridgehead atoms. The van der Waals surface area contributed by atoms with Gasteiger partial charge in [0.1, 0.15) is 11.6 Å². The lowest BCUT2D eigenvalue weighted by Gasteiger charge is -1.98. The summed E-state index contributed by atoms with van der Waals surface area (Å²) in [5.41, 5.74) is 0. The first-order valence-corrected chi connectivity index (χ1v) is 6.05. The third-order valence-electron chi connectivity index (χ3n) is 1.71. The van der Waals surface area contributed by atoms with Crippen LogP contribution in [0, 0.1) is 0 Å². The second kappa shape index (κ2) is 6.65. The summed E-state index contributed by atoms with van der Waals surface area (Å²) in [6.45, 7) is -0.252. The highest BCUT2D eigenvalue weighted by Crippen LogP contribution is 2.00. The Morgan fingerprint density at radius 2 is 1.40 bits per heavy atom. The van der Waals surface area contributed by atoms with E-state index in [1.54, 1.807) is 0 Å². The summed E-state index contributed by atoms with van der Waals surface area (Å²) < 4.78 is 28.9. The Balaban J connectivity index is 3.72. The molecule has 0 aliphatic carbocycles. The molecule has 0 saturated heterocycles. The highest BCUT2D eigenvalue weighted by molar-refractivity contribution is 7.85. The van der Waals surface area contributed by atoms with Gasteiger partial charge in [0.2, 0.25) is 0 Å². The van der Waals surface area contributed by atoms with Crippen molar-refractivity contribution in [2.24, 2.45) is 0 Å². The maximum Gasteiger partial charge on any atom is 0.265 e. The van der Waals surface area contributed by atoms with Crippen molar-refractivity contribution >= 4 is 21.7 Å². The number of hydrogen-bond donors (Lipinski definition) is 2. The molecule has 2 N–H and O–H groups in total. The second-order valence-corrected chi connectivity index (χ2v) is 4.66. The van der Waals surface area contributed by atoms with Gasteiger partial charge in [-0.3, -0.25) is 14.1 Å². The van der Waals surface area contributed by atoms with E-state index in [4.69, 9.17) is 9.66 Å². The summed E-state index contributed by atoms with van der Waals surface area (Å²) in [7, 11) is -4.11. The summed E-state index contributed by atoms with van der Waals surface area (Å²) in [6, 6.07) is 0. The van der Waals surface area contributed by atoms with Crippen LogP contribution >= 0.6 is 0 Å². The van der Waals surface area contributed by atoms with Gasteiger partial charge >= 0.3 is 0 Å². The minimum absolute atomic E-state index is 0.00483. The van der Waals surface area contributed by atoms with Gasteiger partial charge in [0, 0.05) is 32.3 Å². The zero-order chi connectivity index (χ0) is 11.9. The standard InChI is InChI=1S/C8H14O6S/c9-5-3-7(10)1-2-8(11)4-6-15(12,13)14/h9H,1-6H2,(H,12,13,14). The van der Waals surface area contributed by atoms with Gasteiger partial charge in [-0.1, -0.05) is 0 Å². The molecule has 88 valence electrons. The molecule has 0 amide bonds. The van der Waals surface area contributed by atoms with E-state index in [-0.39, 0.29) is 43.9 Å². The molecule has 0 saturated carbocycles. The molecule has 0 aromatic carbocycles. The molecule has 0 aliphatic rings. The van der Waals surface area contributed by atoms with E-state index < -0.39 is 15.9 Å². The van der Waals surface area contributed by atoms with Crippen molar-refractivity contribution in [2.75, 3.05) is 12.4 Å². The first-order chi connectivity index (χ1) is 6.85. The zero-order valence-electron chi connectivity index (χ0n) is 8.18. The van der Waals surface area contributed by atoms with Crippen LogP contribution in [0.3, 0.4) is 0 Å². The normalized spacial score (nSPS) is 11.3. The topological polar surface area (TPSA) is 109 Å². The smallest absolute Gasteiger partial charge is 0.265 e. The number of rotatable bonds is 8. The van der Waals surface area contributed by atoms with Gasteiger partial charge in [0.15, 0.2) is 0 Å². The van der Waals surface area contributed by atoms with E-state index in [0.29, 0.717) is 0 Å². The van der Waals surface area contributed by atoms with Crippen molar-refractivity contribution in [3.63, 3.8) is 0 Å². The van der Waals surface area contributed by atoms with E-state index in [1.807, 2.05) is 0 Å². The van der Waals surface area contributed by atoms with Gasteiger partial charge in [-0.2, -0.15) is 8.42 Å². The lowest BCUT2D eigenvalue weighted by atomic mass is 10.1. The number of hydrogen-bond acceptors (Lipinski definition) is 5. The Morgan fingerprint density at radius 1 is 0.933 bits per heavy atom. The first-order valence-electron chi connectivity index (χ1n) is 4.44. The molecular formula is C8H14O6S. The quantitative estimate of drug-likeness (QED) is 0.555. The third kappa shape index (κ3) is 9.51. The highest BCUT2D eigenvalue weighted by atomic mass is 32.2. The van der Waals surface area contributed by atoms with Crippen LogP contribution in [-0.2, 0) is 19.7 Å². The monoisotopic (exact) mass is 238 g/mol. The van der Waals surface area contributed by atoms with Crippen molar-refractivity contribution in [1.29, 1.82) is 0 Å². The van der Waals surface area contributed by atoms with Crippen LogP contribution in [-0.4, -0.2) is 42.0 Å². The Hall–Kier alpha value is -0.790. The van der Waals surface area contributed by atoms with E-state index in [1.165, 1.54) is 0 Å². The van der Waals surface area contributed by atoms with Crippen molar-refractivity contribution < 1.29 is 27.7 Å². The van der Waals surface area contributed by atoms with Crippen LogP contribution in [0.1, 0.15) is 25.7 Å². The number of ketones is 2. The predicted octanol–water partition coefficient (Wildman–Crippen LogP) is -0.435. The molecule has 6 nitrogen and oxygen atoms in total. The highest BCUT2D eigenvalue weighted by Gasteiger charge is 2.11. The molecule has 0 radical (unpaired) electrons. The Kier molecular flexibility index (Phi) is 6.30. The van der Waals surface area contributed by atoms with Crippen LogP contribution in [0.25, 0.3) is 0 Å². The fraction of sp³-hybridized carbons (Fsp3) is 0.750. The molecule has 0 fully saturated rings. The maximum absolute atomic E-state index is 11.0. The first kappa shape index (κ1) is 14.2. The molecule has 0 spiro atoms. The zero-order valence-corrected chi connectivity index (χ0v) is 8.99. The minimum Gasteiger partial charge on any atom is -0.396 e. The van der Waals surface area contributed by atoms with Gasteiger partial charge < -0.3 is 5.11 Å². The summed E-state index contributed by atoms with van der Waals surface area (Å²) in [5.74, 6) is -1.24. The Labute approximate surface area is 88.0 Å². The third-order valence-corrected chi connectivity index (χ3v) is 2.43. The number of aliphatic hydroxyl groups is 1. The van der Waals surface area contributed by atoms with E-state index in [0.717, 1.165) is 0 Å². The number of Topliss-reactive ketones (excluding diaryl/α,β-unsaturated/α-hetero) is 2. The second-order valence-electron chi connectivity index (χ2n) is 3.09. The molecule has 0 heterocycles. The van der Waals surface area contributed by atoms with Crippen LogP contribution in [0.2, 0.25) is 0 Å². The van der Waals surface area contributed by atoms with Gasteiger partial charge in [0.25, 0.3) is 10.1 Å². The molecule has 0 aliphatic heterocycles. The van der Waals surface area contributed by atoms with E-state index >= 15 is 0 Å². The fourth-order valence-corrected chi connectivity index (χ4v) is 1.38. The van der Waals surface area contributed by atoms with Gasteiger partial charge in [-0.25, -0.2) is 0 Å². The minimum atomic E-state index is -4.11. The number of aliphatic hydroxyl groups excluding tert-OH is 1. The average Bonchev–Trinajstić information content (AvgIpc) is 2.11. The Bertz CT molecular complexity index is 318. The Morgan fingerprint density at radius 3 is 1.80 bits per heavy atom. The predicted molar refractivity (Wildman–Crippen MR) is 52.0 cm³/mol. The van der Waals surface area contributed by atoms with Crippen molar-refractivity contribution in [1.82, 2.24) is 0 Å². The summed E-state index contributed by atoms with van der Waals surface area (Å²) >= 11 is 0. The van der Waals surface area contributed by atoms with Gasteiger partial charge in [-0.05, 0) is 0 Å². The lowest BCUT2D eigenvalue weighted by molar-refractivity contribution is -0.124. The van der Waals surface area contributed by atoms with Crippen LogP contribution in [0.5, 0.6) is 0 Å². The number of carbonyl (C=O) groups excluding carboxylic acids is 2. The van der Waals surface area contributed by atoms with Crippen LogP contribution in [0.4, 0.5) is 0 Å². The van der Waals surface area contributed by atoms with Crippen molar-refractivity contribution in [2.45, 2.75) is 25.7 Å². The maximum atomic E-state index is 11.0. The van der Waals surface area contributed by atoms with Crippen LogP contribution < -0.4 is 0 Å². The molecule has 0 rings (SSSR count). The summed E-state index contributed by atoms with van der Waals surface area (Å²) in [6.07, 6.45) is -0.323. The molecule has 0 aromatic rings. The molecule has 0 atom stereocenters. The number of carbonyl (C=O) groups is 2. The molecule has 15 heavy (non-hydrogen) atoms. The molecule has 0 aromatic heterocycles. The average molecular weight is 238 g/mol. The summed E-state index contributed by atoms with van der Waals surface area (Å²) in [5, 5.41) is 8.39. The van der Waals surface area contributed by atoms with E-state index in [9.17, 15) is 18.0 Å². The SMILES string of the molecule is O=C(CCO)CCC(=O)CCS(=O)(=O)O. The summed E-state index contributed by atoms with van der Waals surface area (Å²) in [4.78, 5) is 21.9. The molecular weight excluding hydrogens is 224 g/mol. The van der Waals surface area contributed by atoms with Crippen LogP contribution in [0.15, 0.2) is 0 Å². The fourth-order valence-electron chi connectivity index (χ4n) is 0.896. The van der Waals surface area contributed by atoms with E-state index in [2.05, 4.69) is 0 Å². The van der Waals surface area contributed by atoms with Crippen molar-refractivity contribution in [3.05, 3.63) is 0 Å².